The summed E-state index contributed by atoms with van der Waals surface area (Å²) in [4.78, 5) is 5.44. The van der Waals surface area contributed by atoms with Crippen molar-refractivity contribution in [3.63, 3.8) is 0 Å². The van der Waals surface area contributed by atoms with Crippen LogP contribution in [0.4, 0.5) is 0 Å². The largest absolute Gasteiger partial charge is 0.456 e. The number of furan rings is 2. The maximum Gasteiger partial charge on any atom is 0.242 e. The van der Waals surface area contributed by atoms with E-state index in [9.17, 15) is 0 Å². The number of pyridine rings is 1. The first-order valence-electron chi connectivity index (χ1n) is 39.3. The minimum atomic E-state index is -0.132. The molecule has 0 aliphatic rings. The predicted octanol–water partition coefficient (Wildman–Crippen LogP) is 24.9. The Kier molecular flexibility index (Phi) is 13.0. The summed E-state index contributed by atoms with van der Waals surface area (Å²) in [6.45, 7) is 6.69. The van der Waals surface area contributed by atoms with Crippen LogP contribution >= 0.6 is 0 Å². The molecule has 9 aromatic heterocycles. The van der Waals surface area contributed by atoms with Crippen molar-refractivity contribution in [3.05, 3.63) is 363 Å². The predicted molar refractivity (Wildman–Crippen MR) is 477 cm³/mol. The monoisotopic (exact) mass is 1460 g/mol. The van der Waals surface area contributed by atoms with E-state index in [4.69, 9.17) is 13.8 Å². The highest BCUT2D eigenvalue weighted by atomic mass is 16.3. The van der Waals surface area contributed by atoms with Crippen LogP contribution in [-0.2, 0) is 0 Å². The number of hydrogen-bond acceptors (Lipinski definition) is 3. The van der Waals surface area contributed by atoms with Gasteiger partial charge < -0.3 is 31.7 Å². The second-order valence-corrected chi connectivity index (χ2v) is 31.1. The van der Waals surface area contributed by atoms with E-state index in [2.05, 4.69) is 370 Å². The first-order chi connectivity index (χ1) is 56.3. The number of aryl methyl sites for hydroxylation is 3. The number of hydrogen-bond donors (Lipinski definition) is 0. The van der Waals surface area contributed by atoms with E-state index < -0.39 is 0 Å². The third kappa shape index (κ3) is 8.81. The molecule has 0 bridgehead atoms. The molecular formula is C104H66BN7O2. The Morgan fingerprint density at radius 2 is 0.544 bits per heavy atom. The normalized spacial score (nSPS) is 12.3. The highest BCUT2D eigenvalue weighted by Gasteiger charge is 2.30. The molecule has 0 fully saturated rings. The summed E-state index contributed by atoms with van der Waals surface area (Å²) in [7, 11) is 0. The van der Waals surface area contributed by atoms with Gasteiger partial charge in [-0.15, -0.1) is 0 Å². The van der Waals surface area contributed by atoms with E-state index in [1.165, 1.54) is 86.9 Å². The lowest BCUT2D eigenvalue weighted by Gasteiger charge is -2.23. The fourth-order valence-electron chi connectivity index (χ4n) is 20.3. The van der Waals surface area contributed by atoms with E-state index in [0.29, 0.717) is 0 Å². The molecule has 0 atom stereocenters. The molecule has 0 spiro atoms. The van der Waals surface area contributed by atoms with Gasteiger partial charge in [0.05, 0.1) is 72.4 Å². The molecule has 0 saturated heterocycles. The summed E-state index contributed by atoms with van der Waals surface area (Å²) in [5.74, 6) is 0.863. The zero-order valence-electron chi connectivity index (χ0n) is 62.4. The van der Waals surface area contributed by atoms with Crippen molar-refractivity contribution in [2.24, 2.45) is 0 Å². The van der Waals surface area contributed by atoms with Crippen molar-refractivity contribution in [1.29, 1.82) is 0 Å². The van der Waals surface area contributed by atoms with Gasteiger partial charge in [0.2, 0.25) is 6.71 Å². The van der Waals surface area contributed by atoms with E-state index >= 15 is 0 Å². The molecule has 25 aromatic rings. The topological polar surface area (TPSA) is 68.8 Å². The van der Waals surface area contributed by atoms with Crippen LogP contribution in [-0.4, -0.2) is 39.1 Å². The second-order valence-electron chi connectivity index (χ2n) is 31.1. The summed E-state index contributed by atoms with van der Waals surface area (Å²) in [6, 6.07) is 125. The van der Waals surface area contributed by atoms with E-state index in [0.717, 1.165) is 155 Å². The Hall–Kier alpha value is -14.9. The molecule has 25 rings (SSSR count). The van der Waals surface area contributed by atoms with Crippen molar-refractivity contribution in [2.45, 2.75) is 20.8 Å². The summed E-state index contributed by atoms with van der Waals surface area (Å²) < 4.78 is 27.3. The van der Waals surface area contributed by atoms with Crippen LogP contribution in [0, 0.1) is 20.8 Å². The minimum Gasteiger partial charge on any atom is -0.456 e. The zero-order valence-corrected chi connectivity index (χ0v) is 62.4. The zero-order chi connectivity index (χ0) is 74.9. The van der Waals surface area contributed by atoms with Gasteiger partial charge in [-0.1, -0.05) is 215 Å². The molecule has 0 amide bonds. The van der Waals surface area contributed by atoms with Crippen LogP contribution in [0.2, 0.25) is 0 Å². The molecule has 9 nitrogen and oxygen atoms in total. The molecule has 114 heavy (non-hydrogen) atoms. The van der Waals surface area contributed by atoms with E-state index in [1.807, 2.05) is 24.3 Å². The molecule has 0 radical (unpaired) electrons. The van der Waals surface area contributed by atoms with Crippen molar-refractivity contribution in [2.75, 3.05) is 0 Å². The Balaban J connectivity index is 0.629. The third-order valence-corrected chi connectivity index (χ3v) is 24.8. The van der Waals surface area contributed by atoms with Crippen LogP contribution in [0.1, 0.15) is 16.7 Å². The van der Waals surface area contributed by atoms with Gasteiger partial charge in [-0.3, -0.25) is 4.57 Å². The lowest BCUT2D eigenvalue weighted by atomic mass is 9.35. The fraction of sp³-hybridized carbons (Fsp3) is 0.0288. The lowest BCUT2D eigenvalue weighted by molar-refractivity contribution is 0.668. The SMILES string of the molecule is Cc1cc(C)c(B(c2cccc(-n3c4ccccc4c4c5c6ccccc6n(-c6ccc7c(c6)c6ccccc6n7-c6ccc7oc8ccccc8c7c6)c5ccc43)c2)c2cccc(-n3c4ccccc4c4c5c6ccccc6n(-c6cc7c8ccccc8n(-c8ccc9oc%10ccccc%10c9c8)c7cn6)c5ccc43)c2)c(C)c1. The van der Waals surface area contributed by atoms with Gasteiger partial charge in [0.25, 0.3) is 0 Å². The van der Waals surface area contributed by atoms with E-state index in [1.54, 1.807) is 0 Å². The molecule has 16 aromatic carbocycles. The average Bonchev–Trinajstić information content (AvgIpc) is 1.54. The number of nitrogens with zero attached hydrogens (tertiary/aromatic N) is 7. The first-order valence-corrected chi connectivity index (χ1v) is 39.3. The van der Waals surface area contributed by atoms with Gasteiger partial charge in [0, 0.05) is 115 Å². The number of para-hydroxylation sites is 8. The number of aromatic nitrogens is 7. The molecule has 9 heterocycles. The van der Waals surface area contributed by atoms with Gasteiger partial charge in [-0.25, -0.2) is 4.98 Å². The first kappa shape index (κ1) is 63.0. The van der Waals surface area contributed by atoms with Crippen LogP contribution in [0.5, 0.6) is 0 Å². The summed E-state index contributed by atoms with van der Waals surface area (Å²) >= 11 is 0. The molecule has 0 unspecified atom stereocenters. The van der Waals surface area contributed by atoms with Crippen molar-refractivity contribution in [3.8, 4) is 34.3 Å². The minimum absolute atomic E-state index is 0.132. The van der Waals surface area contributed by atoms with Gasteiger partial charge in [0.15, 0.2) is 0 Å². The third-order valence-electron chi connectivity index (χ3n) is 24.8. The maximum absolute atomic E-state index is 6.32. The number of rotatable bonds is 9. The van der Waals surface area contributed by atoms with Crippen LogP contribution in [0.3, 0.4) is 0 Å². The lowest BCUT2D eigenvalue weighted by Crippen LogP contribution is -2.54. The quantitative estimate of drug-likeness (QED) is 0.135. The summed E-state index contributed by atoms with van der Waals surface area (Å²) in [5.41, 5.74) is 30.1. The molecule has 0 aliphatic carbocycles. The molecule has 0 N–H and O–H groups in total. The van der Waals surface area contributed by atoms with Crippen LogP contribution < -0.4 is 16.4 Å². The van der Waals surface area contributed by atoms with E-state index in [-0.39, 0.29) is 6.71 Å². The maximum atomic E-state index is 6.32. The Morgan fingerprint density at radius 3 is 1.00 bits per heavy atom. The Morgan fingerprint density at radius 1 is 0.228 bits per heavy atom. The average molecular weight is 1460 g/mol. The smallest absolute Gasteiger partial charge is 0.242 e. The van der Waals surface area contributed by atoms with Gasteiger partial charge >= 0.3 is 0 Å². The van der Waals surface area contributed by atoms with Crippen molar-refractivity contribution >= 4 is 198 Å². The highest BCUT2D eigenvalue weighted by Crippen LogP contribution is 2.47. The summed E-state index contributed by atoms with van der Waals surface area (Å²) in [6.07, 6.45) is 2.07. The Bertz CT molecular complexity index is 8020. The van der Waals surface area contributed by atoms with Gasteiger partial charge in [-0.2, -0.15) is 0 Å². The molecule has 0 aliphatic heterocycles. The molecule has 10 heteroatoms. The molecule has 532 valence electrons. The second kappa shape index (κ2) is 23.6. The molecular weight excluding hydrogens is 1390 g/mol. The van der Waals surface area contributed by atoms with Crippen LogP contribution in [0.15, 0.2) is 355 Å². The van der Waals surface area contributed by atoms with Crippen LogP contribution in [0.25, 0.3) is 209 Å². The Labute approximate surface area is 652 Å². The van der Waals surface area contributed by atoms with Gasteiger partial charge in [-0.05, 0) is 178 Å². The number of fused-ring (bicyclic) bond motifs is 26. The summed E-state index contributed by atoms with van der Waals surface area (Å²) in [5, 5.41) is 18.8. The number of benzene rings is 16. The highest BCUT2D eigenvalue weighted by molar-refractivity contribution is 6.96. The van der Waals surface area contributed by atoms with Crippen molar-refractivity contribution < 1.29 is 8.83 Å². The van der Waals surface area contributed by atoms with Gasteiger partial charge in [0.1, 0.15) is 28.1 Å². The molecule has 0 saturated carbocycles. The van der Waals surface area contributed by atoms with Crippen molar-refractivity contribution in [1.82, 2.24) is 32.4 Å². The fourth-order valence-corrected chi connectivity index (χ4v) is 20.3. The standard InChI is InChI=1S/C104H66BN7O2/c1-61-52-62(2)104(63(3)53-61)105(64-22-20-24-66(54-64)108-85-36-14-6-30-75(85)100-90(108)46-47-92-101(100)77-32-8-16-38-87(77)110(92)68-42-45-89-79(56-68)71-26-4-12-34-83(71)107(89)69-43-50-97-81(57-69)73-28-10-18-40-95(73)113-97)65-23-21-25-67(55-65)109-86-37-15-7-31-76(86)102-91(109)48-49-93-103(102)78-33-9-17-39-88(78)112(93)99-59-80-72-27-5-13-35-84(72)111(94(80)60-106-99)70-44-51-98-82(58-70)74-29-11-19-41-96(74)114-98/h4-60H,1-3H3.